The van der Waals surface area contributed by atoms with E-state index in [1.807, 2.05) is 12.1 Å². The number of aryl methyl sites for hydroxylation is 1. The lowest BCUT2D eigenvalue weighted by Gasteiger charge is -2.19. The molecule has 2 aromatic carbocycles. The third-order valence-electron chi connectivity index (χ3n) is 6.49. The first-order valence-corrected chi connectivity index (χ1v) is 13.4. The molecule has 4 rings (SSSR count). The van der Waals surface area contributed by atoms with E-state index in [4.69, 9.17) is 14.2 Å². The van der Waals surface area contributed by atoms with E-state index >= 15 is 0 Å². The van der Waals surface area contributed by atoms with E-state index in [2.05, 4.69) is 20.9 Å². The van der Waals surface area contributed by atoms with Crippen LogP contribution in [0.2, 0.25) is 0 Å². The summed E-state index contributed by atoms with van der Waals surface area (Å²) >= 11 is 1.36. The highest BCUT2D eigenvalue weighted by Crippen LogP contribution is 2.50. The summed E-state index contributed by atoms with van der Waals surface area (Å²) in [6.45, 7) is 1.89. The molecule has 39 heavy (non-hydrogen) atoms. The molecule has 10 nitrogen and oxygen atoms in total. The fourth-order valence-electron chi connectivity index (χ4n) is 4.79. The molecule has 0 unspecified atom stereocenters. The Labute approximate surface area is 230 Å². The number of aromatic nitrogens is 1. The number of anilines is 2. The Bertz CT molecular complexity index is 1410. The Morgan fingerprint density at radius 3 is 2.56 bits per heavy atom. The van der Waals surface area contributed by atoms with Gasteiger partial charge >= 0.3 is 0 Å². The molecule has 1 atom stereocenters. The first-order valence-electron chi connectivity index (χ1n) is 12.6. The zero-order valence-electron chi connectivity index (χ0n) is 22.4. The molecule has 0 aliphatic heterocycles. The molecule has 3 aromatic rings. The van der Waals surface area contributed by atoms with Crippen molar-refractivity contribution in [1.82, 2.24) is 10.3 Å². The normalized spacial score (nSPS) is 13.8. The van der Waals surface area contributed by atoms with Gasteiger partial charge in [-0.1, -0.05) is 6.07 Å². The smallest absolute Gasteiger partial charge is 0.226 e. The van der Waals surface area contributed by atoms with Crippen LogP contribution < -0.4 is 35.6 Å². The number of methoxy groups -OCH3 is 3. The SMILES string of the molecule is COc1cc2c(c(OC)c1OC)-c1ccc(NCCCC(=O)Nc3nccs3)c(=O)cc1[C@H](NC(C)=O)CC2. The third-order valence-corrected chi connectivity index (χ3v) is 7.18. The summed E-state index contributed by atoms with van der Waals surface area (Å²) in [7, 11) is 4.68. The Balaban J connectivity index is 1.67. The monoisotopic (exact) mass is 552 g/mol. The molecule has 0 radical (unpaired) electrons. The van der Waals surface area contributed by atoms with Crippen molar-refractivity contribution in [1.29, 1.82) is 0 Å². The van der Waals surface area contributed by atoms with Crippen LogP contribution in [-0.2, 0) is 16.0 Å². The number of hydrogen-bond acceptors (Lipinski definition) is 9. The second kappa shape index (κ2) is 12.6. The van der Waals surface area contributed by atoms with Crippen LogP contribution >= 0.6 is 11.3 Å². The number of amides is 2. The van der Waals surface area contributed by atoms with Crippen molar-refractivity contribution in [2.24, 2.45) is 0 Å². The lowest BCUT2D eigenvalue weighted by atomic mass is 9.95. The summed E-state index contributed by atoms with van der Waals surface area (Å²) in [5.41, 5.74) is 3.37. The molecule has 1 aliphatic rings. The van der Waals surface area contributed by atoms with Crippen molar-refractivity contribution in [3.05, 3.63) is 57.2 Å². The van der Waals surface area contributed by atoms with Gasteiger partial charge in [0, 0.05) is 37.0 Å². The van der Waals surface area contributed by atoms with Gasteiger partial charge in [0.05, 0.1) is 33.1 Å². The molecule has 206 valence electrons. The maximum atomic E-state index is 13.3. The van der Waals surface area contributed by atoms with Crippen molar-refractivity contribution in [2.75, 3.05) is 38.5 Å². The highest BCUT2D eigenvalue weighted by molar-refractivity contribution is 7.13. The standard InChI is InChI=1S/C28H32N4O6S/c1-16(33)31-20-9-7-17-14-23(36-2)26(37-3)27(38-4)25(17)18-8-10-21(22(34)15-19(18)20)29-11-5-6-24(35)32-28-30-12-13-39-28/h8,10,12-15,20H,5-7,9,11H2,1-4H3,(H,29,34)(H,31,33)(H,30,32,35)/t20-/m1/s1. The van der Waals surface area contributed by atoms with Gasteiger partial charge in [0.25, 0.3) is 0 Å². The fraction of sp³-hybridized carbons (Fsp3) is 0.357. The zero-order chi connectivity index (χ0) is 27.9. The molecule has 2 amide bonds. The van der Waals surface area contributed by atoms with Crippen LogP contribution in [0.25, 0.3) is 11.1 Å². The van der Waals surface area contributed by atoms with Gasteiger partial charge < -0.3 is 30.2 Å². The number of ether oxygens (including phenoxy) is 3. The van der Waals surface area contributed by atoms with Gasteiger partial charge in [-0.2, -0.15) is 0 Å². The lowest BCUT2D eigenvalue weighted by Crippen LogP contribution is -2.26. The Morgan fingerprint density at radius 2 is 1.90 bits per heavy atom. The molecular weight excluding hydrogens is 520 g/mol. The number of carbonyl (C=O) groups excluding carboxylic acids is 2. The van der Waals surface area contributed by atoms with Gasteiger partial charge in [-0.15, -0.1) is 11.3 Å². The second-order valence-corrected chi connectivity index (χ2v) is 9.91. The molecule has 1 heterocycles. The highest BCUT2D eigenvalue weighted by Gasteiger charge is 2.29. The number of carbonyl (C=O) groups is 2. The number of hydrogen-bond donors (Lipinski definition) is 3. The van der Waals surface area contributed by atoms with Crippen LogP contribution in [0, 0.1) is 0 Å². The first-order chi connectivity index (χ1) is 18.9. The van der Waals surface area contributed by atoms with Crippen LogP contribution in [0.5, 0.6) is 17.2 Å². The Morgan fingerprint density at radius 1 is 1.10 bits per heavy atom. The molecule has 1 aromatic heterocycles. The van der Waals surface area contributed by atoms with Gasteiger partial charge in [0.2, 0.25) is 23.0 Å². The molecule has 0 spiro atoms. The summed E-state index contributed by atoms with van der Waals surface area (Å²) in [4.78, 5) is 41.6. The van der Waals surface area contributed by atoms with Crippen LogP contribution in [-0.4, -0.2) is 44.7 Å². The number of rotatable bonds is 10. The minimum atomic E-state index is -0.380. The largest absolute Gasteiger partial charge is 0.493 e. The van der Waals surface area contributed by atoms with Crippen LogP contribution in [0.3, 0.4) is 0 Å². The summed E-state index contributed by atoms with van der Waals surface area (Å²) in [5.74, 6) is 1.17. The summed E-state index contributed by atoms with van der Waals surface area (Å²) in [6, 6.07) is 6.69. The van der Waals surface area contributed by atoms with Crippen molar-refractivity contribution >= 4 is 34.0 Å². The number of thiazole rings is 1. The molecular formula is C28H32N4O6S. The van der Waals surface area contributed by atoms with Gasteiger partial charge in [-0.25, -0.2) is 4.98 Å². The van der Waals surface area contributed by atoms with E-state index in [0.29, 0.717) is 59.4 Å². The maximum absolute atomic E-state index is 13.3. The number of nitrogens with zero attached hydrogens (tertiary/aromatic N) is 1. The van der Waals surface area contributed by atoms with Crippen molar-refractivity contribution in [2.45, 2.75) is 38.6 Å². The van der Waals surface area contributed by atoms with Crippen molar-refractivity contribution in [3.8, 4) is 28.4 Å². The molecule has 1 aliphatic carbocycles. The van der Waals surface area contributed by atoms with E-state index in [9.17, 15) is 14.4 Å². The van der Waals surface area contributed by atoms with Gasteiger partial charge in [-0.05, 0) is 54.2 Å². The van der Waals surface area contributed by atoms with Crippen LogP contribution in [0.1, 0.15) is 43.4 Å². The minimum Gasteiger partial charge on any atom is -0.493 e. The van der Waals surface area contributed by atoms with E-state index in [-0.39, 0.29) is 29.7 Å². The lowest BCUT2D eigenvalue weighted by molar-refractivity contribution is -0.119. The van der Waals surface area contributed by atoms with Crippen LogP contribution in [0.15, 0.2) is 40.6 Å². The van der Waals surface area contributed by atoms with E-state index < -0.39 is 0 Å². The molecule has 3 N–H and O–H groups in total. The summed E-state index contributed by atoms with van der Waals surface area (Å²) < 4.78 is 17.0. The minimum absolute atomic E-state index is 0.134. The Kier molecular flexibility index (Phi) is 9.03. The third kappa shape index (κ3) is 6.31. The van der Waals surface area contributed by atoms with E-state index in [1.165, 1.54) is 18.3 Å². The molecule has 0 saturated heterocycles. The predicted octanol–water partition coefficient (Wildman–Crippen LogP) is 4.15. The molecule has 0 saturated carbocycles. The number of benzene rings is 1. The zero-order valence-corrected chi connectivity index (χ0v) is 23.2. The summed E-state index contributed by atoms with van der Waals surface area (Å²) in [5, 5.41) is 11.3. The van der Waals surface area contributed by atoms with Crippen molar-refractivity contribution < 1.29 is 23.8 Å². The average molecular weight is 553 g/mol. The molecule has 11 heteroatoms. The van der Waals surface area contributed by atoms with Gasteiger partial charge in [-0.3, -0.25) is 14.4 Å². The number of nitrogens with one attached hydrogen (secondary N) is 3. The quantitative estimate of drug-likeness (QED) is 0.320. The van der Waals surface area contributed by atoms with Crippen LogP contribution in [0.4, 0.5) is 10.8 Å². The first kappa shape index (κ1) is 27.9. The van der Waals surface area contributed by atoms with E-state index in [0.717, 1.165) is 16.7 Å². The highest BCUT2D eigenvalue weighted by atomic mass is 32.1. The number of fused-ring (bicyclic) bond motifs is 3. The summed E-state index contributed by atoms with van der Waals surface area (Å²) in [6.07, 6.45) is 3.65. The Hall–Kier alpha value is -4.12. The maximum Gasteiger partial charge on any atom is 0.226 e. The fourth-order valence-corrected chi connectivity index (χ4v) is 5.34. The topological polar surface area (TPSA) is 128 Å². The molecule has 0 bridgehead atoms. The van der Waals surface area contributed by atoms with Gasteiger partial charge in [0.1, 0.15) is 0 Å². The van der Waals surface area contributed by atoms with E-state index in [1.54, 1.807) is 45.0 Å². The molecule has 0 fully saturated rings. The average Bonchev–Trinajstić information content (AvgIpc) is 3.32. The predicted molar refractivity (Wildman–Crippen MR) is 151 cm³/mol. The van der Waals surface area contributed by atoms with Gasteiger partial charge in [0.15, 0.2) is 16.6 Å². The second-order valence-electron chi connectivity index (χ2n) is 9.01. The van der Waals surface area contributed by atoms with Crippen molar-refractivity contribution in [3.63, 3.8) is 0 Å².